The fourth-order valence-electron chi connectivity index (χ4n) is 0.295. The van der Waals surface area contributed by atoms with Gasteiger partial charge in [-0.25, -0.2) is 8.51 Å². The summed E-state index contributed by atoms with van der Waals surface area (Å²) >= 11 is 5.18. The number of halogens is 1. The van der Waals surface area contributed by atoms with Crippen LogP contribution >= 0.6 is 11.6 Å². The Morgan fingerprint density at radius 3 is 2.36 bits per heavy atom. The van der Waals surface area contributed by atoms with E-state index in [0.29, 0.717) is 0 Å². The van der Waals surface area contributed by atoms with E-state index < -0.39 is 15.8 Å². The second-order valence-electron chi connectivity index (χ2n) is 2.19. The fourth-order valence-corrected chi connectivity index (χ4v) is 1.03. The standard InChI is InChI=1S/C5H11ClN2O2S/c1-8(2)11(3,10)7-5(9)4-6/h4H2,1-3H3. The third kappa shape index (κ3) is 3.69. The van der Waals surface area contributed by atoms with Crippen molar-refractivity contribution in [3.05, 3.63) is 0 Å². The molecule has 0 aromatic rings. The van der Waals surface area contributed by atoms with E-state index in [0.717, 1.165) is 0 Å². The summed E-state index contributed by atoms with van der Waals surface area (Å²) < 4.78 is 16.1. The van der Waals surface area contributed by atoms with Crippen LogP contribution < -0.4 is 0 Å². The van der Waals surface area contributed by atoms with Crippen molar-refractivity contribution in [2.75, 3.05) is 26.2 Å². The van der Waals surface area contributed by atoms with Crippen LogP contribution in [0.3, 0.4) is 0 Å². The molecular formula is C5H11ClN2O2S. The molecular weight excluding hydrogens is 188 g/mol. The highest BCUT2D eigenvalue weighted by atomic mass is 35.5. The summed E-state index contributed by atoms with van der Waals surface area (Å²) in [5, 5.41) is 0. The third-order valence-electron chi connectivity index (χ3n) is 1.06. The highest BCUT2D eigenvalue weighted by Gasteiger charge is 2.06. The average Bonchev–Trinajstić information content (AvgIpc) is 1.86. The number of nitrogens with zero attached hydrogens (tertiary/aromatic N) is 2. The van der Waals surface area contributed by atoms with E-state index in [1.165, 1.54) is 10.6 Å². The molecule has 6 heteroatoms. The molecule has 1 atom stereocenters. The first-order valence-corrected chi connectivity index (χ1v) is 5.30. The van der Waals surface area contributed by atoms with E-state index in [4.69, 9.17) is 11.6 Å². The van der Waals surface area contributed by atoms with Gasteiger partial charge in [-0.15, -0.1) is 16.0 Å². The van der Waals surface area contributed by atoms with Crippen LogP contribution in [0.1, 0.15) is 0 Å². The zero-order valence-electron chi connectivity index (χ0n) is 6.70. The Morgan fingerprint density at radius 1 is 1.64 bits per heavy atom. The minimum atomic E-state index is -2.54. The summed E-state index contributed by atoms with van der Waals surface area (Å²) in [5.74, 6) is -0.772. The van der Waals surface area contributed by atoms with Gasteiger partial charge in [0.15, 0.2) is 0 Å². The molecule has 66 valence electrons. The molecule has 0 heterocycles. The molecule has 0 aromatic carbocycles. The molecule has 0 rings (SSSR count). The lowest BCUT2D eigenvalue weighted by molar-refractivity contribution is -0.115. The quantitative estimate of drug-likeness (QED) is 0.601. The van der Waals surface area contributed by atoms with Gasteiger partial charge in [-0.3, -0.25) is 4.79 Å². The first kappa shape index (κ1) is 10.9. The zero-order valence-corrected chi connectivity index (χ0v) is 8.28. The minimum Gasteiger partial charge on any atom is -0.271 e. The molecule has 0 aromatic heterocycles. The molecule has 0 bridgehead atoms. The number of rotatable bonds is 2. The lowest BCUT2D eigenvalue weighted by Crippen LogP contribution is -2.21. The van der Waals surface area contributed by atoms with Crippen LogP contribution in [-0.2, 0) is 14.7 Å². The van der Waals surface area contributed by atoms with Gasteiger partial charge in [-0.1, -0.05) is 0 Å². The van der Waals surface area contributed by atoms with Crippen LogP contribution in [0.5, 0.6) is 0 Å². The summed E-state index contributed by atoms with van der Waals surface area (Å²) in [6.07, 6.45) is 1.39. The van der Waals surface area contributed by atoms with E-state index in [1.54, 1.807) is 14.1 Å². The van der Waals surface area contributed by atoms with Crippen molar-refractivity contribution in [3.8, 4) is 0 Å². The van der Waals surface area contributed by atoms with Gasteiger partial charge in [0.2, 0.25) is 0 Å². The molecule has 0 N–H and O–H groups in total. The SMILES string of the molecule is CN(C)S(C)(=O)=NC(=O)CCl. The normalized spacial score (nSPS) is 16.1. The maximum absolute atomic E-state index is 11.3. The number of carbonyl (C=O) groups is 1. The molecule has 0 saturated carbocycles. The van der Waals surface area contributed by atoms with Crippen molar-refractivity contribution in [1.29, 1.82) is 0 Å². The maximum Gasteiger partial charge on any atom is 0.269 e. The van der Waals surface area contributed by atoms with Crippen molar-refractivity contribution < 1.29 is 9.00 Å². The number of amides is 1. The monoisotopic (exact) mass is 198 g/mol. The van der Waals surface area contributed by atoms with E-state index in [9.17, 15) is 9.00 Å². The topological polar surface area (TPSA) is 49.7 Å². The number of hydrogen-bond acceptors (Lipinski definition) is 2. The van der Waals surface area contributed by atoms with Crippen molar-refractivity contribution in [1.82, 2.24) is 4.31 Å². The van der Waals surface area contributed by atoms with Crippen LogP contribution in [-0.4, -0.2) is 40.7 Å². The Balaban J connectivity index is 4.68. The van der Waals surface area contributed by atoms with Gasteiger partial charge in [0.1, 0.15) is 15.8 Å². The lowest BCUT2D eigenvalue weighted by Gasteiger charge is -2.10. The van der Waals surface area contributed by atoms with Gasteiger partial charge in [0.05, 0.1) is 0 Å². The number of carbonyl (C=O) groups excluding carboxylic acids is 1. The molecule has 0 aliphatic rings. The Kier molecular flexibility index (Phi) is 3.99. The van der Waals surface area contributed by atoms with E-state index in [2.05, 4.69) is 4.36 Å². The van der Waals surface area contributed by atoms with Gasteiger partial charge in [-0.2, -0.15) is 0 Å². The van der Waals surface area contributed by atoms with Crippen LogP contribution in [0.2, 0.25) is 0 Å². The lowest BCUT2D eigenvalue weighted by atomic mass is 10.8. The van der Waals surface area contributed by atoms with E-state index in [1.807, 2.05) is 0 Å². The highest BCUT2D eigenvalue weighted by Crippen LogP contribution is 1.95. The molecule has 0 aliphatic carbocycles. The van der Waals surface area contributed by atoms with Crippen molar-refractivity contribution in [2.45, 2.75) is 0 Å². The third-order valence-corrected chi connectivity index (χ3v) is 3.19. The Hall–Kier alpha value is -0.130. The van der Waals surface area contributed by atoms with Crippen molar-refractivity contribution in [2.24, 2.45) is 4.36 Å². The summed E-state index contributed by atoms with van der Waals surface area (Å²) in [5.41, 5.74) is 0. The van der Waals surface area contributed by atoms with Gasteiger partial charge < -0.3 is 0 Å². The predicted octanol–water partition coefficient (Wildman–Crippen LogP) is 0.326. The Bertz CT molecular complexity index is 255. The zero-order chi connectivity index (χ0) is 9.07. The molecule has 1 unspecified atom stereocenters. The fraction of sp³-hybridized carbons (Fsp3) is 0.800. The minimum absolute atomic E-state index is 0.224. The van der Waals surface area contributed by atoms with Gasteiger partial charge in [0, 0.05) is 20.4 Å². The number of alkyl halides is 1. The highest BCUT2D eigenvalue weighted by molar-refractivity contribution is 7.90. The van der Waals surface area contributed by atoms with E-state index in [-0.39, 0.29) is 5.88 Å². The van der Waals surface area contributed by atoms with Crippen LogP contribution in [0.25, 0.3) is 0 Å². The van der Waals surface area contributed by atoms with Gasteiger partial charge in [0.25, 0.3) is 5.91 Å². The molecule has 0 saturated heterocycles. The van der Waals surface area contributed by atoms with Crippen molar-refractivity contribution >= 4 is 27.4 Å². The van der Waals surface area contributed by atoms with Gasteiger partial charge >= 0.3 is 0 Å². The largest absolute Gasteiger partial charge is 0.271 e. The van der Waals surface area contributed by atoms with Crippen LogP contribution in [0.4, 0.5) is 0 Å². The van der Waals surface area contributed by atoms with E-state index >= 15 is 0 Å². The predicted molar refractivity (Wildman–Crippen MR) is 45.9 cm³/mol. The first-order valence-electron chi connectivity index (χ1n) is 2.88. The average molecular weight is 199 g/mol. The van der Waals surface area contributed by atoms with Crippen LogP contribution in [0, 0.1) is 0 Å². The Morgan fingerprint density at radius 2 is 2.09 bits per heavy atom. The second kappa shape index (κ2) is 4.04. The summed E-state index contributed by atoms with van der Waals surface area (Å²) in [6.45, 7) is 0. The smallest absolute Gasteiger partial charge is 0.269 e. The molecule has 0 fully saturated rings. The first-order chi connectivity index (χ1) is 4.90. The molecule has 0 radical (unpaired) electrons. The summed E-state index contributed by atoms with van der Waals surface area (Å²) in [6, 6.07) is 0. The molecule has 4 nitrogen and oxygen atoms in total. The number of hydrogen-bond donors (Lipinski definition) is 0. The second-order valence-corrected chi connectivity index (χ2v) is 4.90. The summed E-state index contributed by atoms with van der Waals surface area (Å²) in [7, 11) is 0.646. The van der Waals surface area contributed by atoms with Crippen LogP contribution in [0.15, 0.2) is 4.36 Å². The molecule has 0 aliphatic heterocycles. The Labute approximate surface area is 71.8 Å². The van der Waals surface area contributed by atoms with Gasteiger partial charge in [-0.05, 0) is 0 Å². The molecule has 0 spiro atoms. The molecule has 11 heavy (non-hydrogen) atoms. The maximum atomic E-state index is 11.3. The molecule has 1 amide bonds. The van der Waals surface area contributed by atoms with Crippen molar-refractivity contribution in [3.63, 3.8) is 0 Å². The summed E-state index contributed by atoms with van der Waals surface area (Å²) in [4.78, 5) is 10.6.